The Labute approximate surface area is 88.8 Å². The van der Waals surface area contributed by atoms with E-state index >= 15 is 0 Å². The molecule has 86 valence electrons. The fraction of sp³-hybridized carbons (Fsp3) is 1.00. The van der Waals surface area contributed by atoms with Gasteiger partial charge in [-0.3, -0.25) is 9.96 Å². The van der Waals surface area contributed by atoms with Crippen molar-refractivity contribution in [1.82, 2.24) is 9.96 Å². The maximum absolute atomic E-state index is 5.72. The fourth-order valence-corrected chi connectivity index (χ4v) is 3.89. The molecule has 0 amide bonds. The van der Waals surface area contributed by atoms with Crippen LogP contribution in [-0.4, -0.2) is 34.7 Å². The van der Waals surface area contributed by atoms with Crippen molar-refractivity contribution in [3.05, 3.63) is 0 Å². The summed E-state index contributed by atoms with van der Waals surface area (Å²) < 4.78 is 11.4. The molecule has 0 rings (SSSR count). The third-order valence-electron chi connectivity index (χ3n) is 1.58. The van der Waals surface area contributed by atoms with Crippen molar-refractivity contribution < 1.29 is 8.85 Å². The summed E-state index contributed by atoms with van der Waals surface area (Å²) in [7, 11) is -2.36. The first kappa shape index (κ1) is 14.1. The lowest BCUT2D eigenvalue weighted by molar-refractivity contribution is 0.157. The van der Waals surface area contributed by atoms with E-state index in [1.807, 2.05) is 13.8 Å². The van der Waals surface area contributed by atoms with E-state index in [9.17, 15) is 0 Å². The Morgan fingerprint density at radius 3 is 1.86 bits per heavy atom. The molecule has 0 aromatic heterocycles. The van der Waals surface area contributed by atoms with Gasteiger partial charge in [0.25, 0.3) is 0 Å². The van der Waals surface area contributed by atoms with E-state index in [0.717, 1.165) is 6.54 Å². The maximum atomic E-state index is 5.72. The van der Waals surface area contributed by atoms with Gasteiger partial charge in [-0.1, -0.05) is 20.8 Å². The Kier molecular flexibility index (Phi) is 7.39. The summed E-state index contributed by atoms with van der Waals surface area (Å²) in [6, 6.07) is 0.360. The molecular weight excluding hydrogens is 196 g/mol. The van der Waals surface area contributed by atoms with Gasteiger partial charge in [-0.15, -0.1) is 0 Å². The summed E-state index contributed by atoms with van der Waals surface area (Å²) in [6.07, 6.45) is 0. The van der Waals surface area contributed by atoms with Crippen LogP contribution < -0.4 is 9.96 Å². The Morgan fingerprint density at radius 2 is 1.57 bits per heavy atom. The van der Waals surface area contributed by atoms with Crippen LogP contribution in [0.1, 0.15) is 34.6 Å². The predicted octanol–water partition coefficient (Wildman–Crippen LogP) is 1.10. The van der Waals surface area contributed by atoms with E-state index in [-0.39, 0.29) is 0 Å². The minimum Gasteiger partial charge on any atom is -0.371 e. The lowest BCUT2D eigenvalue weighted by Crippen LogP contribution is -2.68. The molecule has 4 nitrogen and oxygen atoms in total. The van der Waals surface area contributed by atoms with Gasteiger partial charge in [-0.05, 0) is 20.4 Å². The molecule has 0 saturated heterocycles. The van der Waals surface area contributed by atoms with E-state index in [4.69, 9.17) is 8.85 Å². The van der Waals surface area contributed by atoms with Crippen LogP contribution in [0.2, 0.25) is 0 Å². The second-order valence-corrected chi connectivity index (χ2v) is 5.76. The number of hydrogen-bond donors (Lipinski definition) is 2. The van der Waals surface area contributed by atoms with Crippen LogP contribution in [-0.2, 0) is 8.85 Å². The molecule has 14 heavy (non-hydrogen) atoms. The van der Waals surface area contributed by atoms with Crippen molar-refractivity contribution in [2.24, 2.45) is 0 Å². The highest BCUT2D eigenvalue weighted by atomic mass is 28.4. The van der Waals surface area contributed by atoms with Crippen LogP contribution in [0.4, 0.5) is 0 Å². The molecule has 0 spiro atoms. The van der Waals surface area contributed by atoms with Gasteiger partial charge in [0.1, 0.15) is 0 Å². The van der Waals surface area contributed by atoms with Gasteiger partial charge in [0.15, 0.2) is 0 Å². The van der Waals surface area contributed by atoms with Crippen LogP contribution >= 0.6 is 0 Å². The van der Waals surface area contributed by atoms with Crippen molar-refractivity contribution in [2.75, 3.05) is 19.8 Å². The predicted molar refractivity (Wildman–Crippen MR) is 61.0 cm³/mol. The van der Waals surface area contributed by atoms with Crippen LogP contribution in [0.15, 0.2) is 0 Å². The number of nitrogens with one attached hydrogen (secondary N) is 2. The molecular formula is C9H24N2O2Si. The molecule has 0 aromatic carbocycles. The van der Waals surface area contributed by atoms with Gasteiger partial charge in [-0.25, -0.2) is 0 Å². The summed E-state index contributed by atoms with van der Waals surface area (Å²) in [6.45, 7) is 12.4. The van der Waals surface area contributed by atoms with Gasteiger partial charge in [-0.2, -0.15) is 0 Å². The summed E-state index contributed by atoms with van der Waals surface area (Å²) in [4.78, 5) is 6.69. The highest BCUT2D eigenvalue weighted by Gasteiger charge is 2.38. The maximum Gasteiger partial charge on any atom is 0.517 e. The van der Waals surface area contributed by atoms with Gasteiger partial charge < -0.3 is 8.85 Å². The Balaban J connectivity index is 4.37. The normalized spacial score (nSPS) is 12.4. The third kappa shape index (κ3) is 5.07. The monoisotopic (exact) mass is 220 g/mol. The number of rotatable bonds is 8. The van der Waals surface area contributed by atoms with Crippen molar-refractivity contribution in [3.63, 3.8) is 0 Å². The summed E-state index contributed by atoms with van der Waals surface area (Å²) in [5.74, 6) is 0. The van der Waals surface area contributed by atoms with Gasteiger partial charge >= 0.3 is 8.88 Å². The van der Waals surface area contributed by atoms with Crippen molar-refractivity contribution in [1.29, 1.82) is 0 Å². The molecule has 5 heteroatoms. The first-order valence-corrected chi connectivity index (χ1v) is 7.22. The lowest BCUT2D eigenvalue weighted by Gasteiger charge is -2.31. The van der Waals surface area contributed by atoms with Crippen LogP contribution in [0.25, 0.3) is 0 Å². The van der Waals surface area contributed by atoms with E-state index < -0.39 is 8.88 Å². The number of hydrogen-bond acceptors (Lipinski definition) is 4. The average molecular weight is 220 g/mol. The Morgan fingerprint density at radius 1 is 1.07 bits per heavy atom. The van der Waals surface area contributed by atoms with Crippen molar-refractivity contribution in [3.8, 4) is 0 Å². The first-order chi connectivity index (χ1) is 6.60. The largest absolute Gasteiger partial charge is 0.517 e. The average Bonchev–Trinajstić information content (AvgIpc) is 2.03. The fourth-order valence-electron chi connectivity index (χ4n) is 1.30. The molecule has 0 fully saturated rings. The Bertz CT molecular complexity index is 128. The van der Waals surface area contributed by atoms with E-state index in [1.165, 1.54) is 0 Å². The van der Waals surface area contributed by atoms with E-state index in [1.54, 1.807) is 0 Å². The zero-order valence-corrected chi connectivity index (χ0v) is 11.0. The SMILES string of the molecule is CCN[Si](NC(C)C)(OCC)OCC. The molecule has 0 aliphatic heterocycles. The second-order valence-electron chi connectivity index (χ2n) is 3.31. The van der Waals surface area contributed by atoms with Gasteiger partial charge in [0, 0.05) is 19.3 Å². The molecule has 0 unspecified atom stereocenters. The molecule has 0 bridgehead atoms. The molecule has 2 N–H and O–H groups in total. The lowest BCUT2D eigenvalue weighted by atomic mass is 10.4. The molecule has 0 heterocycles. The van der Waals surface area contributed by atoms with Crippen LogP contribution in [0, 0.1) is 0 Å². The molecule has 0 saturated carbocycles. The van der Waals surface area contributed by atoms with E-state index in [0.29, 0.717) is 19.3 Å². The zero-order valence-electron chi connectivity index (χ0n) is 10.0. The van der Waals surface area contributed by atoms with Crippen LogP contribution in [0.5, 0.6) is 0 Å². The third-order valence-corrected chi connectivity index (χ3v) is 4.75. The standard InChI is InChI=1S/C9H24N2O2Si/c1-6-10-14(12-7-2,13-8-3)11-9(4)5/h9-11H,6-8H2,1-5H3. The van der Waals surface area contributed by atoms with E-state index in [2.05, 4.69) is 30.7 Å². The zero-order chi connectivity index (χ0) is 11.0. The summed E-state index contributed by atoms with van der Waals surface area (Å²) in [5, 5.41) is 0. The van der Waals surface area contributed by atoms with Crippen LogP contribution in [0.3, 0.4) is 0 Å². The Hall–Kier alpha value is 0.0569. The molecule has 0 aliphatic carbocycles. The molecule has 0 atom stereocenters. The minimum absolute atomic E-state index is 0.360. The molecule has 0 aliphatic rings. The molecule has 0 radical (unpaired) electrons. The van der Waals surface area contributed by atoms with Crippen molar-refractivity contribution >= 4 is 8.88 Å². The highest BCUT2D eigenvalue weighted by molar-refractivity contribution is 6.62. The topological polar surface area (TPSA) is 42.5 Å². The minimum atomic E-state index is -2.36. The quantitative estimate of drug-likeness (QED) is 0.601. The smallest absolute Gasteiger partial charge is 0.371 e. The summed E-state index contributed by atoms with van der Waals surface area (Å²) >= 11 is 0. The first-order valence-electron chi connectivity index (χ1n) is 5.40. The van der Waals surface area contributed by atoms with Crippen molar-refractivity contribution in [2.45, 2.75) is 40.7 Å². The second kappa shape index (κ2) is 7.36. The highest BCUT2D eigenvalue weighted by Crippen LogP contribution is 2.01. The summed E-state index contributed by atoms with van der Waals surface area (Å²) in [5.41, 5.74) is 0. The molecule has 0 aromatic rings. The van der Waals surface area contributed by atoms with Gasteiger partial charge in [0.05, 0.1) is 0 Å². The van der Waals surface area contributed by atoms with Gasteiger partial charge in [0.2, 0.25) is 0 Å².